The number of nitrogen functional groups attached to an aromatic ring is 1. The summed E-state index contributed by atoms with van der Waals surface area (Å²) in [6, 6.07) is 9.15. The van der Waals surface area contributed by atoms with Crippen molar-refractivity contribution in [2.75, 3.05) is 17.7 Å². The van der Waals surface area contributed by atoms with Crippen LogP contribution in [-0.2, 0) is 13.2 Å². The highest BCUT2D eigenvalue weighted by molar-refractivity contribution is 5.67. The van der Waals surface area contributed by atoms with Crippen LogP contribution in [0.3, 0.4) is 0 Å². The molecule has 0 spiro atoms. The minimum atomic E-state index is -4.58. The Balaban J connectivity index is 2.07. The molecular formula is C17H15F4N5. The monoisotopic (exact) mass is 365 g/mol. The molecule has 2 aromatic carbocycles. The second kappa shape index (κ2) is 6.32. The lowest BCUT2D eigenvalue weighted by atomic mass is 10.1. The van der Waals surface area contributed by atoms with Crippen LogP contribution in [0.4, 0.5) is 34.9 Å². The number of benzene rings is 2. The van der Waals surface area contributed by atoms with Crippen LogP contribution in [0.25, 0.3) is 11.4 Å². The number of halogens is 4. The van der Waals surface area contributed by atoms with Gasteiger partial charge >= 0.3 is 6.18 Å². The number of alkyl halides is 3. The minimum Gasteiger partial charge on any atom is -0.399 e. The molecule has 0 fully saturated rings. The predicted molar refractivity (Wildman–Crippen MR) is 90.3 cm³/mol. The molecule has 1 heterocycles. The zero-order chi connectivity index (χ0) is 19.1. The van der Waals surface area contributed by atoms with Gasteiger partial charge in [0.1, 0.15) is 5.82 Å². The Morgan fingerprint density at radius 2 is 1.69 bits per heavy atom. The van der Waals surface area contributed by atoms with Gasteiger partial charge in [-0.15, -0.1) is 10.2 Å². The molecule has 2 N–H and O–H groups in total. The van der Waals surface area contributed by atoms with Crippen LogP contribution in [-0.4, -0.2) is 21.8 Å². The van der Waals surface area contributed by atoms with E-state index in [1.807, 2.05) is 0 Å². The fraction of sp³-hybridized carbons (Fsp3) is 0.176. The second-order valence-corrected chi connectivity index (χ2v) is 5.72. The third-order valence-electron chi connectivity index (χ3n) is 3.96. The maximum Gasteiger partial charge on any atom is 0.417 e. The topological polar surface area (TPSA) is 60.0 Å². The third kappa shape index (κ3) is 3.19. The molecule has 3 rings (SSSR count). The molecule has 0 aliphatic carbocycles. The Morgan fingerprint density at radius 3 is 2.31 bits per heavy atom. The number of hydrogen-bond donors (Lipinski definition) is 1. The fourth-order valence-corrected chi connectivity index (χ4v) is 2.62. The van der Waals surface area contributed by atoms with Crippen molar-refractivity contribution in [1.82, 2.24) is 14.8 Å². The SMILES string of the molecule is CN(c1ccc(F)cc1)c1nnc(-c2ccc(N)cc2C(F)(F)F)n1C. The quantitative estimate of drug-likeness (QED) is 0.563. The summed E-state index contributed by atoms with van der Waals surface area (Å²) in [6.45, 7) is 0. The zero-order valence-electron chi connectivity index (χ0n) is 13.9. The van der Waals surface area contributed by atoms with Crippen LogP contribution in [0.15, 0.2) is 42.5 Å². The van der Waals surface area contributed by atoms with Crippen molar-refractivity contribution < 1.29 is 17.6 Å². The molecule has 26 heavy (non-hydrogen) atoms. The van der Waals surface area contributed by atoms with E-state index < -0.39 is 17.6 Å². The molecule has 0 amide bonds. The lowest BCUT2D eigenvalue weighted by Crippen LogP contribution is -2.15. The molecule has 1 aromatic heterocycles. The van der Waals surface area contributed by atoms with Crippen molar-refractivity contribution in [3.05, 3.63) is 53.8 Å². The molecule has 0 atom stereocenters. The standard InChI is InChI=1S/C17H15F4N5/c1-25(12-6-3-10(18)4-7-12)16-24-23-15(26(16)2)13-8-5-11(22)9-14(13)17(19,20)21/h3-9H,22H2,1-2H3. The Hall–Kier alpha value is -3.10. The molecule has 0 radical (unpaired) electrons. The van der Waals surface area contributed by atoms with E-state index in [1.165, 1.54) is 41.0 Å². The molecular weight excluding hydrogens is 350 g/mol. The molecule has 0 aliphatic rings. The summed E-state index contributed by atoms with van der Waals surface area (Å²) in [6.07, 6.45) is -4.58. The van der Waals surface area contributed by atoms with Crippen LogP contribution in [0.5, 0.6) is 0 Å². The van der Waals surface area contributed by atoms with Gasteiger partial charge in [0.2, 0.25) is 5.95 Å². The van der Waals surface area contributed by atoms with Gasteiger partial charge in [-0.1, -0.05) is 0 Å². The normalized spacial score (nSPS) is 11.6. The van der Waals surface area contributed by atoms with Gasteiger partial charge in [0, 0.05) is 31.0 Å². The van der Waals surface area contributed by atoms with Crippen molar-refractivity contribution in [3.63, 3.8) is 0 Å². The fourth-order valence-electron chi connectivity index (χ4n) is 2.62. The van der Waals surface area contributed by atoms with E-state index in [1.54, 1.807) is 19.0 Å². The highest BCUT2D eigenvalue weighted by Gasteiger charge is 2.35. The first-order chi connectivity index (χ1) is 12.2. The largest absolute Gasteiger partial charge is 0.417 e. The van der Waals surface area contributed by atoms with Gasteiger partial charge in [-0.25, -0.2) is 4.39 Å². The van der Waals surface area contributed by atoms with E-state index in [9.17, 15) is 17.6 Å². The molecule has 9 heteroatoms. The van der Waals surface area contributed by atoms with Crippen molar-refractivity contribution in [3.8, 4) is 11.4 Å². The predicted octanol–water partition coefficient (Wildman–Crippen LogP) is 3.99. The average molecular weight is 365 g/mol. The van der Waals surface area contributed by atoms with Crippen LogP contribution in [0.2, 0.25) is 0 Å². The van der Waals surface area contributed by atoms with Gasteiger partial charge in [0.15, 0.2) is 5.82 Å². The van der Waals surface area contributed by atoms with Crippen LogP contribution < -0.4 is 10.6 Å². The van der Waals surface area contributed by atoms with Crippen LogP contribution in [0.1, 0.15) is 5.56 Å². The molecule has 3 aromatic rings. The van der Waals surface area contributed by atoms with Gasteiger partial charge in [-0.3, -0.25) is 4.57 Å². The number of nitrogens with two attached hydrogens (primary N) is 1. The summed E-state index contributed by atoms with van der Waals surface area (Å²) in [5, 5.41) is 7.89. The summed E-state index contributed by atoms with van der Waals surface area (Å²) in [7, 11) is 3.22. The van der Waals surface area contributed by atoms with Gasteiger partial charge in [0.05, 0.1) is 5.56 Å². The van der Waals surface area contributed by atoms with Crippen molar-refractivity contribution >= 4 is 17.3 Å². The number of nitrogens with zero attached hydrogens (tertiary/aromatic N) is 4. The van der Waals surface area contributed by atoms with Gasteiger partial charge in [-0.05, 0) is 42.5 Å². The maximum absolute atomic E-state index is 13.4. The molecule has 0 unspecified atom stereocenters. The zero-order valence-corrected chi connectivity index (χ0v) is 13.9. The first-order valence-electron chi connectivity index (χ1n) is 7.54. The van der Waals surface area contributed by atoms with E-state index in [4.69, 9.17) is 5.73 Å². The number of rotatable bonds is 3. The first kappa shape index (κ1) is 17.7. The van der Waals surface area contributed by atoms with Gasteiger partial charge < -0.3 is 10.6 Å². The average Bonchev–Trinajstić information content (AvgIpc) is 2.95. The summed E-state index contributed by atoms with van der Waals surface area (Å²) >= 11 is 0. The maximum atomic E-state index is 13.4. The Bertz CT molecular complexity index is 931. The molecule has 0 saturated heterocycles. The Labute approximate surface area is 146 Å². The molecule has 0 saturated carbocycles. The summed E-state index contributed by atoms with van der Waals surface area (Å²) in [5.74, 6) is -0.0460. The number of hydrogen-bond acceptors (Lipinski definition) is 4. The van der Waals surface area contributed by atoms with Crippen LogP contribution in [0, 0.1) is 5.82 Å². The Morgan fingerprint density at radius 1 is 1.04 bits per heavy atom. The molecule has 0 bridgehead atoms. The van der Waals surface area contributed by atoms with Gasteiger partial charge in [0.25, 0.3) is 0 Å². The van der Waals surface area contributed by atoms with Crippen molar-refractivity contribution in [1.29, 1.82) is 0 Å². The van der Waals surface area contributed by atoms with Gasteiger partial charge in [-0.2, -0.15) is 13.2 Å². The molecule has 136 valence electrons. The molecule has 5 nitrogen and oxygen atoms in total. The number of aromatic nitrogens is 3. The van der Waals surface area contributed by atoms with E-state index in [2.05, 4.69) is 10.2 Å². The first-order valence-corrected chi connectivity index (χ1v) is 7.54. The van der Waals surface area contributed by atoms with E-state index in [-0.39, 0.29) is 17.1 Å². The van der Waals surface area contributed by atoms with Crippen molar-refractivity contribution in [2.45, 2.75) is 6.18 Å². The van der Waals surface area contributed by atoms with Crippen molar-refractivity contribution in [2.24, 2.45) is 7.05 Å². The highest BCUT2D eigenvalue weighted by atomic mass is 19.4. The summed E-state index contributed by atoms with van der Waals surface area (Å²) in [4.78, 5) is 1.60. The summed E-state index contributed by atoms with van der Waals surface area (Å²) < 4.78 is 54.6. The minimum absolute atomic E-state index is 0.00639. The number of anilines is 3. The highest BCUT2D eigenvalue weighted by Crippen LogP contribution is 2.38. The molecule has 0 aliphatic heterocycles. The van der Waals surface area contributed by atoms with E-state index in [0.717, 1.165) is 6.07 Å². The van der Waals surface area contributed by atoms with E-state index in [0.29, 0.717) is 11.6 Å². The Kier molecular flexibility index (Phi) is 4.31. The lowest BCUT2D eigenvalue weighted by molar-refractivity contribution is -0.137. The summed E-state index contributed by atoms with van der Waals surface area (Å²) in [5.41, 5.74) is 5.11. The second-order valence-electron chi connectivity index (χ2n) is 5.72. The lowest BCUT2D eigenvalue weighted by Gasteiger charge is -2.18. The third-order valence-corrected chi connectivity index (χ3v) is 3.96. The smallest absolute Gasteiger partial charge is 0.399 e. The van der Waals surface area contributed by atoms with E-state index >= 15 is 0 Å². The van der Waals surface area contributed by atoms with Crippen LogP contribution >= 0.6 is 0 Å².